The van der Waals surface area contributed by atoms with E-state index in [1.54, 1.807) is 0 Å². The van der Waals surface area contributed by atoms with E-state index in [9.17, 15) is 9.59 Å². The summed E-state index contributed by atoms with van der Waals surface area (Å²) in [6.45, 7) is 2.78. The van der Waals surface area contributed by atoms with Crippen LogP contribution in [0.4, 0.5) is 0 Å². The number of aromatic nitrogens is 1. The fraction of sp³-hybridized carbons (Fsp3) is 0.333. The summed E-state index contributed by atoms with van der Waals surface area (Å²) in [7, 11) is 0. The molecule has 148 valence electrons. The van der Waals surface area contributed by atoms with Crippen LogP contribution in [0.25, 0.3) is 10.9 Å². The predicted molar refractivity (Wildman–Crippen MR) is 112 cm³/mol. The van der Waals surface area contributed by atoms with E-state index >= 15 is 0 Å². The molecule has 0 atom stereocenters. The Bertz CT molecular complexity index is 1030. The van der Waals surface area contributed by atoms with E-state index in [0.717, 1.165) is 36.7 Å². The van der Waals surface area contributed by atoms with Crippen molar-refractivity contribution in [2.45, 2.75) is 25.8 Å². The standard InChI is InChI=1S/C24H25N3O2/c28-23(27-14-9-17-5-1-2-7-20(17)16-27)18-10-12-26(13-11-18)24(29)22-15-19-6-3-4-8-21(19)25-22/h1-8,15,18,25H,9-14,16H2. The lowest BCUT2D eigenvalue weighted by atomic mass is 9.93. The van der Waals surface area contributed by atoms with Gasteiger partial charge in [-0.25, -0.2) is 0 Å². The molecule has 2 amide bonds. The van der Waals surface area contributed by atoms with E-state index < -0.39 is 0 Å². The molecule has 1 fully saturated rings. The first-order chi connectivity index (χ1) is 14.2. The molecule has 3 aromatic rings. The van der Waals surface area contributed by atoms with Crippen LogP contribution in [-0.2, 0) is 17.8 Å². The van der Waals surface area contributed by atoms with Crippen molar-refractivity contribution in [1.29, 1.82) is 0 Å². The monoisotopic (exact) mass is 387 g/mol. The molecule has 0 aliphatic carbocycles. The molecule has 5 rings (SSSR count). The highest BCUT2D eigenvalue weighted by atomic mass is 16.2. The number of carbonyl (C=O) groups is 2. The number of nitrogens with one attached hydrogen (secondary N) is 1. The first kappa shape index (κ1) is 18.0. The number of H-pyrrole nitrogens is 1. The third-order valence-electron chi connectivity index (χ3n) is 6.33. The molecular weight excluding hydrogens is 362 g/mol. The number of para-hydroxylation sites is 1. The normalized spacial score (nSPS) is 17.4. The fourth-order valence-corrected chi connectivity index (χ4v) is 4.63. The SMILES string of the molecule is O=C(c1cc2ccccc2[nH]1)N1CCC(C(=O)N2CCc3ccccc3C2)CC1. The van der Waals surface area contributed by atoms with Gasteiger partial charge >= 0.3 is 0 Å². The van der Waals surface area contributed by atoms with Crippen LogP contribution in [0.3, 0.4) is 0 Å². The molecule has 1 aromatic heterocycles. The highest BCUT2D eigenvalue weighted by Gasteiger charge is 2.32. The Morgan fingerprint density at radius 3 is 2.38 bits per heavy atom. The van der Waals surface area contributed by atoms with Gasteiger partial charge in [-0.3, -0.25) is 9.59 Å². The second-order valence-corrected chi connectivity index (χ2v) is 8.12. The van der Waals surface area contributed by atoms with Crippen molar-refractivity contribution in [3.05, 3.63) is 71.4 Å². The lowest BCUT2D eigenvalue weighted by Crippen LogP contribution is -2.45. The molecule has 5 nitrogen and oxygen atoms in total. The van der Waals surface area contributed by atoms with Gasteiger partial charge in [0.15, 0.2) is 0 Å². The average molecular weight is 387 g/mol. The third kappa shape index (κ3) is 3.41. The van der Waals surface area contributed by atoms with Crippen LogP contribution in [0.1, 0.15) is 34.5 Å². The van der Waals surface area contributed by atoms with Gasteiger partial charge in [0.05, 0.1) is 0 Å². The molecule has 2 aromatic carbocycles. The minimum Gasteiger partial charge on any atom is -0.351 e. The van der Waals surface area contributed by atoms with Gasteiger partial charge in [0.25, 0.3) is 5.91 Å². The van der Waals surface area contributed by atoms with E-state index in [-0.39, 0.29) is 17.7 Å². The minimum atomic E-state index is 0.0204. The van der Waals surface area contributed by atoms with Crippen molar-refractivity contribution >= 4 is 22.7 Å². The van der Waals surface area contributed by atoms with Crippen LogP contribution in [-0.4, -0.2) is 46.2 Å². The molecule has 5 heteroatoms. The molecule has 0 unspecified atom stereocenters. The van der Waals surface area contributed by atoms with Crippen molar-refractivity contribution in [3.63, 3.8) is 0 Å². The first-order valence-corrected chi connectivity index (χ1v) is 10.4. The topological polar surface area (TPSA) is 56.4 Å². The summed E-state index contributed by atoms with van der Waals surface area (Å²) in [6, 6.07) is 18.2. The van der Waals surface area contributed by atoms with Crippen LogP contribution < -0.4 is 0 Å². The summed E-state index contributed by atoms with van der Waals surface area (Å²) >= 11 is 0. The smallest absolute Gasteiger partial charge is 0.270 e. The van der Waals surface area contributed by atoms with Gasteiger partial charge in [-0.05, 0) is 42.5 Å². The van der Waals surface area contributed by atoms with Crippen LogP contribution in [0.5, 0.6) is 0 Å². The number of nitrogens with zero attached hydrogens (tertiary/aromatic N) is 2. The molecule has 0 radical (unpaired) electrons. The molecule has 3 heterocycles. The fourth-order valence-electron chi connectivity index (χ4n) is 4.63. The van der Waals surface area contributed by atoms with E-state index in [1.807, 2.05) is 46.2 Å². The van der Waals surface area contributed by atoms with E-state index in [4.69, 9.17) is 0 Å². The number of hydrogen-bond acceptors (Lipinski definition) is 2. The molecule has 1 saturated heterocycles. The summed E-state index contributed by atoms with van der Waals surface area (Å²) in [5, 5.41) is 1.05. The average Bonchev–Trinajstić information content (AvgIpc) is 3.22. The largest absolute Gasteiger partial charge is 0.351 e. The van der Waals surface area contributed by atoms with Crippen molar-refractivity contribution < 1.29 is 9.59 Å². The van der Waals surface area contributed by atoms with Gasteiger partial charge in [0, 0.05) is 43.0 Å². The molecule has 0 bridgehead atoms. The summed E-state index contributed by atoms with van der Waals surface area (Å²) in [5.41, 5.74) is 4.23. The second-order valence-electron chi connectivity index (χ2n) is 8.12. The number of fused-ring (bicyclic) bond motifs is 2. The molecule has 2 aliphatic heterocycles. The molecule has 29 heavy (non-hydrogen) atoms. The number of amides is 2. The first-order valence-electron chi connectivity index (χ1n) is 10.4. The predicted octanol–water partition coefficient (Wildman–Crippen LogP) is 3.61. The number of carbonyl (C=O) groups excluding carboxylic acids is 2. The molecule has 0 saturated carbocycles. The van der Waals surface area contributed by atoms with Gasteiger partial charge in [0.2, 0.25) is 5.91 Å². The zero-order chi connectivity index (χ0) is 19.8. The number of hydrogen-bond donors (Lipinski definition) is 1. The maximum Gasteiger partial charge on any atom is 0.270 e. The molecule has 2 aliphatic rings. The van der Waals surface area contributed by atoms with Crippen LogP contribution in [0.15, 0.2) is 54.6 Å². The Labute approximate surface area is 170 Å². The second kappa shape index (κ2) is 7.39. The lowest BCUT2D eigenvalue weighted by molar-refractivity contribution is -0.137. The Hall–Kier alpha value is -3.08. The quantitative estimate of drug-likeness (QED) is 0.730. The minimum absolute atomic E-state index is 0.0204. The van der Waals surface area contributed by atoms with Crippen molar-refractivity contribution in [2.24, 2.45) is 5.92 Å². The molecule has 1 N–H and O–H groups in total. The summed E-state index contributed by atoms with van der Waals surface area (Å²) in [6.07, 6.45) is 2.41. The van der Waals surface area contributed by atoms with Gasteiger partial charge in [0.1, 0.15) is 5.69 Å². The number of likely N-dealkylation sites (tertiary alicyclic amines) is 1. The van der Waals surface area contributed by atoms with Crippen LogP contribution >= 0.6 is 0 Å². The number of aromatic amines is 1. The highest BCUT2D eigenvalue weighted by Crippen LogP contribution is 2.26. The summed E-state index contributed by atoms with van der Waals surface area (Å²) in [5.74, 6) is 0.295. The lowest BCUT2D eigenvalue weighted by Gasteiger charge is -2.36. The van der Waals surface area contributed by atoms with Gasteiger partial charge in [-0.15, -0.1) is 0 Å². The highest BCUT2D eigenvalue weighted by molar-refractivity contribution is 5.98. The third-order valence-corrected chi connectivity index (χ3v) is 6.33. The maximum absolute atomic E-state index is 13.0. The van der Waals surface area contributed by atoms with Crippen molar-refractivity contribution in [3.8, 4) is 0 Å². The Kier molecular flexibility index (Phi) is 4.58. The number of benzene rings is 2. The zero-order valence-electron chi connectivity index (χ0n) is 16.4. The van der Waals surface area contributed by atoms with Gasteiger partial charge in [-0.1, -0.05) is 42.5 Å². The van der Waals surface area contributed by atoms with Crippen LogP contribution in [0, 0.1) is 5.92 Å². The van der Waals surface area contributed by atoms with Crippen molar-refractivity contribution in [2.75, 3.05) is 19.6 Å². The summed E-state index contributed by atoms with van der Waals surface area (Å²) in [4.78, 5) is 33.0. The number of rotatable bonds is 2. The van der Waals surface area contributed by atoms with E-state index in [0.29, 0.717) is 25.3 Å². The van der Waals surface area contributed by atoms with Crippen molar-refractivity contribution in [1.82, 2.24) is 14.8 Å². The van der Waals surface area contributed by atoms with Gasteiger partial charge < -0.3 is 14.8 Å². The summed E-state index contributed by atoms with van der Waals surface area (Å²) < 4.78 is 0. The van der Waals surface area contributed by atoms with Crippen LogP contribution in [0.2, 0.25) is 0 Å². The Morgan fingerprint density at radius 2 is 1.59 bits per heavy atom. The Balaban J connectivity index is 1.21. The zero-order valence-corrected chi connectivity index (χ0v) is 16.4. The van der Waals surface area contributed by atoms with E-state index in [2.05, 4.69) is 23.2 Å². The molecule has 0 spiro atoms. The molecular formula is C24H25N3O2. The Morgan fingerprint density at radius 1 is 0.862 bits per heavy atom. The van der Waals surface area contributed by atoms with E-state index in [1.165, 1.54) is 11.1 Å². The number of piperidine rings is 1. The maximum atomic E-state index is 13.0. The van der Waals surface area contributed by atoms with Gasteiger partial charge in [-0.2, -0.15) is 0 Å².